The van der Waals surface area contributed by atoms with Crippen molar-refractivity contribution in [1.29, 1.82) is 0 Å². The van der Waals surface area contributed by atoms with Gasteiger partial charge >= 0.3 is 5.97 Å². The van der Waals surface area contributed by atoms with E-state index in [0.29, 0.717) is 11.3 Å². The van der Waals surface area contributed by atoms with Crippen molar-refractivity contribution >= 4 is 23.5 Å². The molecule has 2 rings (SSSR count). The van der Waals surface area contributed by atoms with Crippen LogP contribution in [0.4, 0.5) is 14.5 Å². The van der Waals surface area contributed by atoms with Gasteiger partial charge < -0.3 is 15.0 Å². The molecule has 0 atom stereocenters. The summed E-state index contributed by atoms with van der Waals surface area (Å²) in [5, 5.41) is 2.51. The second-order valence-electron chi connectivity index (χ2n) is 5.84. The standard InChI is InChI=1S/C19H18F2N2O4/c1-12-3-4-13(9-16(12)21)19(26)27-11-18(25)23(2)10-17(24)22-15-7-5-14(20)6-8-15/h3-9H,10-11H2,1-2H3,(H,22,24). The third kappa shape index (κ3) is 5.88. The number of carbonyl (C=O) groups excluding carboxylic acids is 3. The van der Waals surface area contributed by atoms with Gasteiger partial charge in [0.25, 0.3) is 5.91 Å². The Kier molecular flexibility index (Phi) is 6.59. The van der Waals surface area contributed by atoms with Crippen molar-refractivity contribution in [3.8, 4) is 0 Å². The Morgan fingerprint density at radius 1 is 1.07 bits per heavy atom. The Morgan fingerprint density at radius 3 is 2.37 bits per heavy atom. The first-order valence-electron chi connectivity index (χ1n) is 7.99. The number of amides is 2. The molecule has 0 saturated heterocycles. The molecule has 0 aliphatic heterocycles. The van der Waals surface area contributed by atoms with Crippen molar-refractivity contribution < 1.29 is 27.9 Å². The second-order valence-corrected chi connectivity index (χ2v) is 5.84. The van der Waals surface area contributed by atoms with Crippen LogP contribution < -0.4 is 5.32 Å². The average Bonchev–Trinajstić information content (AvgIpc) is 2.63. The first-order chi connectivity index (χ1) is 12.8. The molecule has 0 fully saturated rings. The zero-order chi connectivity index (χ0) is 20.0. The maximum absolute atomic E-state index is 13.5. The molecule has 6 nitrogen and oxygen atoms in total. The molecule has 0 radical (unpaired) electrons. The molecule has 0 aromatic heterocycles. The van der Waals surface area contributed by atoms with E-state index in [-0.39, 0.29) is 12.1 Å². The van der Waals surface area contributed by atoms with E-state index >= 15 is 0 Å². The number of nitrogens with one attached hydrogen (secondary N) is 1. The predicted octanol–water partition coefficient (Wildman–Crippen LogP) is 2.53. The average molecular weight is 376 g/mol. The molecule has 27 heavy (non-hydrogen) atoms. The number of carbonyl (C=O) groups is 3. The molecule has 0 spiro atoms. The number of benzene rings is 2. The largest absolute Gasteiger partial charge is 0.452 e. The third-order valence-electron chi connectivity index (χ3n) is 3.67. The summed E-state index contributed by atoms with van der Waals surface area (Å²) in [5.74, 6) is -2.93. The number of halogens is 2. The number of esters is 1. The summed E-state index contributed by atoms with van der Waals surface area (Å²) in [4.78, 5) is 36.8. The molecule has 8 heteroatoms. The van der Waals surface area contributed by atoms with Gasteiger partial charge in [0, 0.05) is 12.7 Å². The van der Waals surface area contributed by atoms with Gasteiger partial charge in [-0.25, -0.2) is 13.6 Å². The van der Waals surface area contributed by atoms with Crippen LogP contribution in [0.2, 0.25) is 0 Å². The highest BCUT2D eigenvalue weighted by molar-refractivity contribution is 5.95. The number of aryl methyl sites for hydroxylation is 1. The van der Waals surface area contributed by atoms with Crippen LogP contribution in [0, 0.1) is 18.6 Å². The van der Waals surface area contributed by atoms with Crippen LogP contribution in [0.5, 0.6) is 0 Å². The SMILES string of the molecule is Cc1ccc(C(=O)OCC(=O)N(C)CC(=O)Nc2ccc(F)cc2)cc1F. The van der Waals surface area contributed by atoms with E-state index in [1.54, 1.807) is 6.92 Å². The Labute approximate surface area is 154 Å². The Bertz CT molecular complexity index is 853. The van der Waals surface area contributed by atoms with E-state index < -0.39 is 36.0 Å². The number of anilines is 1. The highest BCUT2D eigenvalue weighted by atomic mass is 19.1. The highest BCUT2D eigenvalue weighted by Gasteiger charge is 2.16. The summed E-state index contributed by atoms with van der Waals surface area (Å²) in [7, 11) is 1.37. The molecular formula is C19H18F2N2O4. The fraction of sp³-hybridized carbons (Fsp3) is 0.211. The molecule has 1 N–H and O–H groups in total. The molecule has 0 aliphatic carbocycles. The molecule has 0 saturated carbocycles. The third-order valence-corrected chi connectivity index (χ3v) is 3.67. The Balaban J connectivity index is 1.82. The van der Waals surface area contributed by atoms with E-state index in [2.05, 4.69) is 5.32 Å². The summed E-state index contributed by atoms with van der Waals surface area (Å²) >= 11 is 0. The summed E-state index contributed by atoms with van der Waals surface area (Å²) in [6.07, 6.45) is 0. The lowest BCUT2D eigenvalue weighted by Gasteiger charge is -2.16. The second kappa shape index (κ2) is 8.88. The van der Waals surface area contributed by atoms with Gasteiger partial charge in [-0.3, -0.25) is 9.59 Å². The number of nitrogens with zero attached hydrogens (tertiary/aromatic N) is 1. The van der Waals surface area contributed by atoms with E-state index in [0.717, 1.165) is 11.0 Å². The first-order valence-corrected chi connectivity index (χ1v) is 7.99. The molecule has 2 aromatic rings. The quantitative estimate of drug-likeness (QED) is 0.786. The molecule has 142 valence electrons. The van der Waals surface area contributed by atoms with Crippen molar-refractivity contribution in [2.45, 2.75) is 6.92 Å². The van der Waals surface area contributed by atoms with E-state index in [1.165, 1.54) is 43.4 Å². The minimum absolute atomic E-state index is 0.0115. The van der Waals surface area contributed by atoms with Gasteiger partial charge in [0.05, 0.1) is 12.1 Å². The summed E-state index contributed by atoms with van der Waals surface area (Å²) in [6, 6.07) is 9.01. The molecule has 0 aliphatic rings. The normalized spacial score (nSPS) is 10.2. The lowest BCUT2D eigenvalue weighted by atomic mass is 10.1. The van der Waals surface area contributed by atoms with Gasteiger partial charge in [-0.05, 0) is 48.9 Å². The topological polar surface area (TPSA) is 75.7 Å². The van der Waals surface area contributed by atoms with Crippen molar-refractivity contribution in [3.05, 3.63) is 65.2 Å². The number of hydrogen-bond acceptors (Lipinski definition) is 4. The van der Waals surface area contributed by atoms with Crippen molar-refractivity contribution in [2.24, 2.45) is 0 Å². The number of ether oxygens (including phenoxy) is 1. The van der Waals surface area contributed by atoms with E-state index in [9.17, 15) is 23.2 Å². The molecule has 2 amide bonds. The van der Waals surface area contributed by atoms with Crippen molar-refractivity contribution in [3.63, 3.8) is 0 Å². The molecular weight excluding hydrogens is 358 g/mol. The summed E-state index contributed by atoms with van der Waals surface area (Å²) < 4.78 is 31.1. The van der Waals surface area contributed by atoms with E-state index in [4.69, 9.17) is 4.74 Å². The summed E-state index contributed by atoms with van der Waals surface area (Å²) in [6.45, 7) is 0.682. The molecule has 0 unspecified atom stereocenters. The van der Waals surface area contributed by atoms with Gasteiger partial charge in [-0.15, -0.1) is 0 Å². The fourth-order valence-electron chi connectivity index (χ4n) is 2.08. The van der Waals surface area contributed by atoms with Crippen LogP contribution in [0.3, 0.4) is 0 Å². The molecule has 2 aromatic carbocycles. The zero-order valence-electron chi connectivity index (χ0n) is 14.8. The van der Waals surface area contributed by atoms with Crippen LogP contribution >= 0.6 is 0 Å². The number of hydrogen-bond donors (Lipinski definition) is 1. The van der Waals surface area contributed by atoms with Gasteiger partial charge in [-0.1, -0.05) is 6.07 Å². The van der Waals surface area contributed by atoms with E-state index in [1.807, 2.05) is 0 Å². The predicted molar refractivity (Wildman–Crippen MR) is 94.1 cm³/mol. The maximum atomic E-state index is 13.5. The minimum Gasteiger partial charge on any atom is -0.452 e. The lowest BCUT2D eigenvalue weighted by molar-refractivity contribution is -0.136. The van der Waals surface area contributed by atoms with Crippen LogP contribution in [0.15, 0.2) is 42.5 Å². The Morgan fingerprint density at radius 2 is 1.74 bits per heavy atom. The van der Waals surface area contributed by atoms with Crippen molar-refractivity contribution in [2.75, 3.05) is 25.5 Å². The fourth-order valence-corrected chi connectivity index (χ4v) is 2.08. The summed E-state index contributed by atoms with van der Waals surface area (Å²) in [5.41, 5.74) is 0.757. The molecule has 0 heterocycles. The minimum atomic E-state index is -0.841. The zero-order valence-corrected chi connectivity index (χ0v) is 14.8. The first kappa shape index (κ1) is 20.0. The smallest absolute Gasteiger partial charge is 0.338 e. The monoisotopic (exact) mass is 376 g/mol. The number of likely N-dealkylation sites (N-methyl/N-ethyl adjacent to an activating group) is 1. The Hall–Kier alpha value is -3.29. The number of rotatable bonds is 6. The van der Waals surface area contributed by atoms with Gasteiger partial charge in [0.2, 0.25) is 5.91 Å². The van der Waals surface area contributed by atoms with Crippen LogP contribution in [0.1, 0.15) is 15.9 Å². The van der Waals surface area contributed by atoms with Crippen LogP contribution in [-0.2, 0) is 14.3 Å². The van der Waals surface area contributed by atoms with Gasteiger partial charge in [-0.2, -0.15) is 0 Å². The lowest BCUT2D eigenvalue weighted by Crippen LogP contribution is -2.37. The van der Waals surface area contributed by atoms with Gasteiger partial charge in [0.15, 0.2) is 6.61 Å². The maximum Gasteiger partial charge on any atom is 0.338 e. The highest BCUT2D eigenvalue weighted by Crippen LogP contribution is 2.11. The van der Waals surface area contributed by atoms with Crippen LogP contribution in [-0.4, -0.2) is 42.9 Å². The van der Waals surface area contributed by atoms with Crippen molar-refractivity contribution in [1.82, 2.24) is 4.90 Å². The molecule has 0 bridgehead atoms. The van der Waals surface area contributed by atoms with Gasteiger partial charge in [0.1, 0.15) is 11.6 Å². The van der Waals surface area contributed by atoms with Crippen LogP contribution in [0.25, 0.3) is 0 Å².